The van der Waals surface area contributed by atoms with Gasteiger partial charge in [-0.3, -0.25) is 0 Å². The maximum atomic E-state index is 13.1. The fourth-order valence-electron chi connectivity index (χ4n) is 2.07. The molecule has 0 radical (unpaired) electrons. The van der Waals surface area contributed by atoms with Gasteiger partial charge in [0.05, 0.1) is 0 Å². The van der Waals surface area contributed by atoms with Gasteiger partial charge in [0.25, 0.3) is 0 Å². The molecular formula is C16H12BrFS2. The van der Waals surface area contributed by atoms with E-state index < -0.39 is 0 Å². The molecule has 0 nitrogen and oxygen atoms in total. The number of aryl methyl sites for hydroxylation is 1. The first-order chi connectivity index (χ1) is 9.61. The topological polar surface area (TPSA) is 0 Å². The monoisotopic (exact) mass is 366 g/mol. The second-order valence-corrected chi connectivity index (χ2v) is 7.74. The van der Waals surface area contributed by atoms with Crippen LogP contribution in [0.15, 0.2) is 46.9 Å². The first-order valence-corrected chi connectivity index (χ1v) is 8.64. The van der Waals surface area contributed by atoms with Crippen molar-refractivity contribution in [2.75, 3.05) is 0 Å². The van der Waals surface area contributed by atoms with Gasteiger partial charge in [-0.1, -0.05) is 22.0 Å². The molecule has 3 aromatic rings. The maximum Gasteiger partial charge on any atom is 0.177 e. The van der Waals surface area contributed by atoms with Crippen molar-refractivity contribution < 1.29 is 4.39 Å². The predicted molar refractivity (Wildman–Crippen MR) is 89.3 cm³/mol. The lowest BCUT2D eigenvalue weighted by molar-refractivity contribution is 0.657. The van der Waals surface area contributed by atoms with Crippen molar-refractivity contribution in [3.8, 4) is 9.75 Å². The molecule has 2 heterocycles. The minimum absolute atomic E-state index is 0.127. The Morgan fingerprint density at radius 2 is 1.75 bits per heavy atom. The Labute approximate surface area is 134 Å². The van der Waals surface area contributed by atoms with E-state index in [1.54, 1.807) is 11.3 Å². The quantitative estimate of drug-likeness (QED) is 0.511. The van der Waals surface area contributed by atoms with Crippen molar-refractivity contribution in [3.05, 3.63) is 68.1 Å². The molecule has 0 unspecified atom stereocenters. The highest BCUT2D eigenvalue weighted by Gasteiger charge is 2.08. The molecule has 0 saturated heterocycles. The van der Waals surface area contributed by atoms with E-state index >= 15 is 0 Å². The largest absolute Gasteiger partial charge is 0.195 e. The molecule has 0 atom stereocenters. The molecule has 0 saturated carbocycles. The van der Waals surface area contributed by atoms with Crippen LogP contribution >= 0.6 is 38.6 Å². The summed E-state index contributed by atoms with van der Waals surface area (Å²) in [6.45, 7) is 2.13. The Bertz CT molecular complexity index is 743. The molecule has 0 aliphatic carbocycles. The van der Waals surface area contributed by atoms with Crippen LogP contribution in [0.5, 0.6) is 0 Å². The minimum atomic E-state index is -0.127. The highest BCUT2D eigenvalue weighted by molar-refractivity contribution is 9.10. The van der Waals surface area contributed by atoms with Crippen LogP contribution in [-0.4, -0.2) is 0 Å². The van der Waals surface area contributed by atoms with Gasteiger partial charge in [-0.25, -0.2) is 0 Å². The average molecular weight is 367 g/mol. The molecule has 0 bridgehead atoms. The molecule has 0 N–H and O–H groups in total. The van der Waals surface area contributed by atoms with Gasteiger partial charge in [-0.15, -0.1) is 22.7 Å². The average Bonchev–Trinajstić information content (AvgIpc) is 3.03. The zero-order valence-electron chi connectivity index (χ0n) is 10.8. The van der Waals surface area contributed by atoms with Gasteiger partial charge in [-0.05, 0) is 54.4 Å². The summed E-state index contributed by atoms with van der Waals surface area (Å²) in [6.07, 6.45) is 0.920. The van der Waals surface area contributed by atoms with E-state index in [0.717, 1.165) is 20.6 Å². The fourth-order valence-corrected chi connectivity index (χ4v) is 4.33. The lowest BCUT2D eigenvalue weighted by Crippen LogP contribution is -1.89. The zero-order chi connectivity index (χ0) is 14.1. The maximum absolute atomic E-state index is 13.1. The highest BCUT2D eigenvalue weighted by atomic mass is 79.9. The van der Waals surface area contributed by atoms with Crippen molar-refractivity contribution in [2.45, 2.75) is 13.3 Å². The lowest BCUT2D eigenvalue weighted by atomic mass is 10.1. The van der Waals surface area contributed by atoms with Gasteiger partial charge in [-0.2, -0.15) is 4.39 Å². The van der Waals surface area contributed by atoms with Crippen molar-refractivity contribution in [1.29, 1.82) is 0 Å². The summed E-state index contributed by atoms with van der Waals surface area (Å²) in [5.74, 6) is 0. The van der Waals surface area contributed by atoms with Crippen LogP contribution in [0.4, 0.5) is 4.39 Å². The summed E-state index contributed by atoms with van der Waals surface area (Å²) >= 11 is 6.46. The highest BCUT2D eigenvalue weighted by Crippen LogP contribution is 2.34. The number of thiophene rings is 2. The SMILES string of the molecule is Cc1ccc(Br)cc1Cc1ccc(-c2ccc(F)s2)s1. The zero-order valence-corrected chi connectivity index (χ0v) is 14.0. The fraction of sp³-hybridized carbons (Fsp3) is 0.125. The minimum Gasteiger partial charge on any atom is -0.195 e. The molecule has 102 valence electrons. The first-order valence-electron chi connectivity index (χ1n) is 6.21. The smallest absolute Gasteiger partial charge is 0.177 e. The molecule has 0 amide bonds. The Morgan fingerprint density at radius 1 is 1.00 bits per heavy atom. The van der Waals surface area contributed by atoms with Crippen LogP contribution in [0, 0.1) is 12.1 Å². The molecule has 0 aliphatic rings. The van der Waals surface area contributed by atoms with Gasteiger partial charge < -0.3 is 0 Å². The van der Waals surface area contributed by atoms with E-state index in [9.17, 15) is 4.39 Å². The molecule has 20 heavy (non-hydrogen) atoms. The molecule has 0 fully saturated rings. The summed E-state index contributed by atoms with van der Waals surface area (Å²) in [6, 6.07) is 13.9. The summed E-state index contributed by atoms with van der Waals surface area (Å²) in [4.78, 5) is 3.45. The van der Waals surface area contributed by atoms with E-state index in [0.29, 0.717) is 0 Å². The van der Waals surface area contributed by atoms with Crippen LogP contribution in [0.25, 0.3) is 9.75 Å². The Balaban J connectivity index is 1.85. The molecule has 3 rings (SSSR count). The summed E-state index contributed by atoms with van der Waals surface area (Å²) in [7, 11) is 0. The molecule has 4 heteroatoms. The van der Waals surface area contributed by atoms with Gasteiger partial charge in [0.2, 0.25) is 0 Å². The summed E-state index contributed by atoms with van der Waals surface area (Å²) < 4.78 is 14.2. The second kappa shape index (κ2) is 5.80. The van der Waals surface area contributed by atoms with Gasteiger partial charge in [0.1, 0.15) is 0 Å². The van der Waals surface area contributed by atoms with Gasteiger partial charge in [0, 0.05) is 25.5 Å². The van der Waals surface area contributed by atoms with E-state index in [-0.39, 0.29) is 5.13 Å². The Hall–Kier alpha value is -0.970. The van der Waals surface area contributed by atoms with Crippen molar-refractivity contribution in [3.63, 3.8) is 0 Å². The standard InChI is InChI=1S/C16H12BrFS2/c1-10-2-3-12(17)8-11(10)9-13-4-5-14(19-13)15-6-7-16(18)20-15/h2-8H,9H2,1H3. The number of hydrogen-bond acceptors (Lipinski definition) is 2. The molecule has 0 aliphatic heterocycles. The summed E-state index contributed by atoms with van der Waals surface area (Å²) in [5.41, 5.74) is 2.62. The van der Waals surface area contributed by atoms with Crippen LogP contribution < -0.4 is 0 Å². The van der Waals surface area contributed by atoms with Crippen LogP contribution in [0.2, 0.25) is 0 Å². The lowest BCUT2D eigenvalue weighted by Gasteiger charge is -2.04. The van der Waals surface area contributed by atoms with Crippen LogP contribution in [0.3, 0.4) is 0 Å². The van der Waals surface area contributed by atoms with Crippen molar-refractivity contribution in [2.24, 2.45) is 0 Å². The van der Waals surface area contributed by atoms with E-state index in [1.165, 1.54) is 33.4 Å². The summed E-state index contributed by atoms with van der Waals surface area (Å²) in [5, 5.41) is -0.127. The first kappa shape index (κ1) is 14.0. The predicted octanol–water partition coefficient (Wildman–Crippen LogP) is 6.28. The second-order valence-electron chi connectivity index (χ2n) is 4.62. The number of rotatable bonds is 3. The van der Waals surface area contributed by atoms with E-state index in [2.05, 4.69) is 53.2 Å². The van der Waals surface area contributed by atoms with Crippen molar-refractivity contribution in [1.82, 2.24) is 0 Å². The normalized spacial score (nSPS) is 10.9. The third-order valence-electron chi connectivity index (χ3n) is 3.15. The Morgan fingerprint density at radius 3 is 2.50 bits per heavy atom. The Kier molecular flexibility index (Phi) is 4.06. The van der Waals surface area contributed by atoms with E-state index in [4.69, 9.17) is 0 Å². The molecule has 1 aromatic carbocycles. The third-order valence-corrected chi connectivity index (χ3v) is 5.80. The third kappa shape index (κ3) is 3.03. The number of benzene rings is 1. The van der Waals surface area contributed by atoms with Gasteiger partial charge >= 0.3 is 0 Å². The van der Waals surface area contributed by atoms with Crippen LogP contribution in [-0.2, 0) is 6.42 Å². The number of hydrogen-bond donors (Lipinski definition) is 0. The molecular weight excluding hydrogens is 355 g/mol. The van der Waals surface area contributed by atoms with Crippen molar-refractivity contribution >= 4 is 38.6 Å². The molecule has 2 aromatic heterocycles. The number of halogens is 2. The molecule has 0 spiro atoms. The van der Waals surface area contributed by atoms with E-state index in [1.807, 2.05) is 6.07 Å². The van der Waals surface area contributed by atoms with Gasteiger partial charge in [0.15, 0.2) is 5.13 Å². The van der Waals surface area contributed by atoms with Crippen LogP contribution in [0.1, 0.15) is 16.0 Å².